The molecule has 3 aromatic rings. The van der Waals surface area contributed by atoms with Crippen LogP contribution >= 0.6 is 0 Å². The van der Waals surface area contributed by atoms with E-state index >= 15 is 0 Å². The van der Waals surface area contributed by atoms with Gasteiger partial charge in [-0.15, -0.1) is 0 Å². The molecular weight excluding hydrogens is 316 g/mol. The monoisotopic (exact) mass is 336 g/mol. The number of carbonyl (C=O) groups is 1. The second-order valence-corrected chi connectivity index (χ2v) is 5.47. The van der Waals surface area contributed by atoms with Gasteiger partial charge in [-0.05, 0) is 42.8 Å². The van der Waals surface area contributed by atoms with Crippen molar-refractivity contribution < 1.29 is 9.53 Å². The van der Waals surface area contributed by atoms with Crippen LogP contribution in [0.4, 0.5) is 0 Å². The maximum Gasteiger partial charge on any atom is 0.242 e. The zero-order valence-electron chi connectivity index (χ0n) is 14.1. The number of hydrogen-bond acceptors (Lipinski definition) is 4. The van der Waals surface area contributed by atoms with Crippen molar-refractivity contribution in [3.8, 4) is 17.0 Å². The van der Waals surface area contributed by atoms with Gasteiger partial charge in [0.15, 0.2) is 0 Å². The smallest absolute Gasteiger partial charge is 0.242 e. The number of rotatable bonds is 7. The molecule has 0 spiro atoms. The van der Waals surface area contributed by atoms with E-state index in [9.17, 15) is 4.79 Å². The van der Waals surface area contributed by atoms with Crippen molar-refractivity contribution in [2.75, 3.05) is 6.61 Å². The number of ether oxygens (including phenoxy) is 1. The summed E-state index contributed by atoms with van der Waals surface area (Å²) in [4.78, 5) is 16.3. The van der Waals surface area contributed by atoms with Gasteiger partial charge in [-0.25, -0.2) is 0 Å². The van der Waals surface area contributed by atoms with Crippen LogP contribution in [0.3, 0.4) is 0 Å². The minimum absolute atomic E-state index is 0.0965. The number of amides is 1. The second-order valence-electron chi connectivity index (χ2n) is 5.47. The molecule has 0 saturated carbocycles. The first-order valence-corrected chi connectivity index (χ1v) is 8.17. The summed E-state index contributed by atoms with van der Waals surface area (Å²) in [6.07, 6.45) is 5.13. The number of benzene rings is 1. The normalized spacial score (nSPS) is 10.4. The topological polar surface area (TPSA) is 69.0 Å². The Morgan fingerprint density at radius 1 is 1.16 bits per heavy atom. The van der Waals surface area contributed by atoms with Crippen molar-refractivity contribution in [1.29, 1.82) is 0 Å². The van der Waals surface area contributed by atoms with E-state index in [1.165, 1.54) is 0 Å². The zero-order chi connectivity index (χ0) is 17.5. The van der Waals surface area contributed by atoms with Gasteiger partial charge in [0.1, 0.15) is 12.3 Å². The van der Waals surface area contributed by atoms with Gasteiger partial charge in [0.2, 0.25) is 5.91 Å². The van der Waals surface area contributed by atoms with E-state index < -0.39 is 0 Å². The van der Waals surface area contributed by atoms with Crippen LogP contribution in [0.15, 0.2) is 61.1 Å². The standard InChI is InChI=1S/C19H20N4O2/c1-2-25-17-5-3-4-15(12-17)13-21-19(24)14-23-18(8-11-22-23)16-6-9-20-10-7-16/h3-12H,2,13-14H2,1H3,(H,21,24). The Morgan fingerprint density at radius 2 is 2.00 bits per heavy atom. The Hall–Kier alpha value is -3.15. The maximum atomic E-state index is 12.3. The number of pyridine rings is 1. The molecule has 2 heterocycles. The van der Waals surface area contributed by atoms with Gasteiger partial charge in [0, 0.05) is 30.7 Å². The lowest BCUT2D eigenvalue weighted by Crippen LogP contribution is -2.27. The highest BCUT2D eigenvalue weighted by Crippen LogP contribution is 2.17. The van der Waals surface area contributed by atoms with Crippen LogP contribution in [0.5, 0.6) is 5.75 Å². The van der Waals surface area contributed by atoms with Gasteiger partial charge in [0.05, 0.1) is 12.3 Å². The minimum atomic E-state index is -0.0965. The van der Waals surface area contributed by atoms with Crippen LogP contribution in [0.2, 0.25) is 0 Å². The number of nitrogens with zero attached hydrogens (tertiary/aromatic N) is 3. The van der Waals surface area contributed by atoms with Gasteiger partial charge in [-0.1, -0.05) is 12.1 Å². The molecule has 2 aromatic heterocycles. The average Bonchev–Trinajstić information content (AvgIpc) is 3.09. The maximum absolute atomic E-state index is 12.3. The third-order valence-electron chi connectivity index (χ3n) is 3.69. The number of hydrogen-bond donors (Lipinski definition) is 1. The van der Waals surface area contributed by atoms with Crippen LogP contribution < -0.4 is 10.1 Å². The first-order chi connectivity index (χ1) is 12.3. The number of carbonyl (C=O) groups excluding carboxylic acids is 1. The van der Waals surface area contributed by atoms with Crippen molar-refractivity contribution in [2.24, 2.45) is 0 Å². The van der Waals surface area contributed by atoms with Gasteiger partial charge in [0.25, 0.3) is 0 Å². The third kappa shape index (κ3) is 4.44. The van der Waals surface area contributed by atoms with E-state index in [0.29, 0.717) is 13.2 Å². The van der Waals surface area contributed by atoms with E-state index in [2.05, 4.69) is 15.4 Å². The summed E-state index contributed by atoms with van der Waals surface area (Å²) in [5.74, 6) is 0.710. The Bertz CT molecular complexity index is 830. The van der Waals surface area contributed by atoms with Crippen LogP contribution in [0, 0.1) is 0 Å². The average molecular weight is 336 g/mol. The van der Waals surface area contributed by atoms with Crippen molar-refractivity contribution in [1.82, 2.24) is 20.1 Å². The molecule has 0 aliphatic carbocycles. The summed E-state index contributed by atoms with van der Waals surface area (Å²) in [7, 11) is 0. The molecule has 0 unspecified atom stereocenters. The zero-order valence-corrected chi connectivity index (χ0v) is 14.1. The van der Waals surface area contributed by atoms with Crippen molar-refractivity contribution in [3.05, 3.63) is 66.6 Å². The molecule has 3 rings (SSSR count). The summed E-state index contributed by atoms with van der Waals surface area (Å²) < 4.78 is 7.15. The van der Waals surface area contributed by atoms with Crippen molar-refractivity contribution in [3.63, 3.8) is 0 Å². The van der Waals surface area contributed by atoms with E-state index in [1.54, 1.807) is 23.3 Å². The molecule has 0 bridgehead atoms. The molecule has 1 aromatic carbocycles. The number of nitrogens with one attached hydrogen (secondary N) is 1. The Labute approximate surface area is 146 Å². The predicted octanol–water partition coefficient (Wildman–Crippen LogP) is 2.66. The molecule has 0 saturated heterocycles. The van der Waals surface area contributed by atoms with Crippen LogP contribution in [0.1, 0.15) is 12.5 Å². The summed E-state index contributed by atoms with van der Waals surface area (Å²) in [6.45, 7) is 3.17. The fourth-order valence-corrected chi connectivity index (χ4v) is 2.53. The highest BCUT2D eigenvalue weighted by Gasteiger charge is 2.09. The quantitative estimate of drug-likeness (QED) is 0.720. The summed E-state index contributed by atoms with van der Waals surface area (Å²) in [5.41, 5.74) is 2.86. The number of aromatic nitrogens is 3. The van der Waals surface area contributed by atoms with Crippen LogP contribution in [-0.2, 0) is 17.9 Å². The lowest BCUT2D eigenvalue weighted by atomic mass is 10.2. The third-order valence-corrected chi connectivity index (χ3v) is 3.69. The molecular formula is C19H20N4O2. The predicted molar refractivity (Wildman–Crippen MR) is 94.9 cm³/mol. The van der Waals surface area contributed by atoms with Crippen molar-refractivity contribution in [2.45, 2.75) is 20.0 Å². The van der Waals surface area contributed by atoms with E-state index in [0.717, 1.165) is 22.6 Å². The Morgan fingerprint density at radius 3 is 2.80 bits per heavy atom. The lowest BCUT2D eigenvalue weighted by molar-refractivity contribution is -0.122. The molecule has 1 N–H and O–H groups in total. The molecule has 0 aliphatic heterocycles. The first kappa shape index (κ1) is 16.7. The summed E-state index contributed by atoms with van der Waals surface area (Å²) in [6, 6.07) is 13.4. The molecule has 1 amide bonds. The molecule has 25 heavy (non-hydrogen) atoms. The lowest BCUT2D eigenvalue weighted by Gasteiger charge is -2.10. The second kappa shape index (κ2) is 8.10. The van der Waals surface area contributed by atoms with Gasteiger partial charge >= 0.3 is 0 Å². The van der Waals surface area contributed by atoms with Crippen LogP contribution in [0.25, 0.3) is 11.3 Å². The highest BCUT2D eigenvalue weighted by atomic mass is 16.5. The van der Waals surface area contributed by atoms with Crippen molar-refractivity contribution >= 4 is 5.91 Å². The molecule has 0 radical (unpaired) electrons. The highest BCUT2D eigenvalue weighted by molar-refractivity contribution is 5.76. The molecule has 0 fully saturated rings. The van der Waals surface area contributed by atoms with Gasteiger partial charge in [-0.2, -0.15) is 5.10 Å². The molecule has 6 heteroatoms. The molecule has 0 aliphatic rings. The SMILES string of the molecule is CCOc1cccc(CNC(=O)Cn2nccc2-c2ccncc2)c1. The Kier molecular flexibility index (Phi) is 5.41. The van der Waals surface area contributed by atoms with E-state index in [4.69, 9.17) is 4.74 Å². The molecule has 128 valence electrons. The Balaban J connectivity index is 1.61. The van der Waals surface area contributed by atoms with Crippen LogP contribution in [-0.4, -0.2) is 27.3 Å². The fraction of sp³-hybridized carbons (Fsp3) is 0.211. The van der Waals surface area contributed by atoms with E-state index in [1.807, 2.05) is 49.4 Å². The molecule has 0 atom stereocenters. The minimum Gasteiger partial charge on any atom is -0.494 e. The largest absolute Gasteiger partial charge is 0.494 e. The first-order valence-electron chi connectivity index (χ1n) is 8.17. The summed E-state index contributed by atoms with van der Waals surface area (Å²) >= 11 is 0. The fourth-order valence-electron chi connectivity index (χ4n) is 2.53. The van der Waals surface area contributed by atoms with Gasteiger partial charge < -0.3 is 10.1 Å². The van der Waals surface area contributed by atoms with E-state index in [-0.39, 0.29) is 12.5 Å². The van der Waals surface area contributed by atoms with Gasteiger partial charge in [-0.3, -0.25) is 14.5 Å². The molecule has 6 nitrogen and oxygen atoms in total. The summed E-state index contributed by atoms with van der Waals surface area (Å²) in [5, 5.41) is 7.16.